The van der Waals surface area contributed by atoms with Crippen LogP contribution in [0.3, 0.4) is 0 Å². The molecule has 3 N–H and O–H groups in total. The van der Waals surface area contributed by atoms with Gasteiger partial charge in [-0.3, -0.25) is 10.1 Å². The number of hydrogen-bond donors (Lipinski definition) is 3. The summed E-state index contributed by atoms with van der Waals surface area (Å²) in [6, 6.07) is 14.9. The molecule has 0 saturated heterocycles. The molecule has 0 radical (unpaired) electrons. The van der Waals surface area contributed by atoms with E-state index in [1.165, 1.54) is 12.1 Å². The molecule has 4 aromatic rings. The fraction of sp³-hybridized carbons (Fsp3) is 0. The molecule has 2 amide bonds. The molecule has 0 atom stereocenters. The largest absolute Gasteiger partial charge is 0.506 e. The molecular formula is C22H12Cl2N4O3S. The predicted molar refractivity (Wildman–Crippen MR) is 125 cm³/mol. The van der Waals surface area contributed by atoms with Crippen LogP contribution in [-0.4, -0.2) is 27.1 Å². The normalized spacial score (nSPS) is 11.8. The van der Waals surface area contributed by atoms with Crippen LogP contribution < -0.4 is 10.6 Å². The van der Waals surface area contributed by atoms with Crippen LogP contribution in [-0.2, 0) is 0 Å². The van der Waals surface area contributed by atoms with E-state index in [-0.39, 0.29) is 21.7 Å². The van der Waals surface area contributed by atoms with Crippen molar-refractivity contribution in [3.05, 3.63) is 75.8 Å². The molecule has 158 valence electrons. The summed E-state index contributed by atoms with van der Waals surface area (Å²) < 4.78 is 0. The molecular weight excluding hydrogens is 471 g/mol. The number of phenols is 1. The number of fused-ring (bicyclic) bond motifs is 3. The van der Waals surface area contributed by atoms with Crippen molar-refractivity contribution in [1.82, 2.24) is 10.2 Å². The minimum atomic E-state index is -0.529. The van der Waals surface area contributed by atoms with Crippen molar-refractivity contribution in [2.45, 2.75) is 0 Å². The number of nitrogens with zero attached hydrogens (tertiary/aromatic N) is 2. The lowest BCUT2D eigenvalue weighted by atomic mass is 10.1. The Labute approximate surface area is 195 Å². The van der Waals surface area contributed by atoms with E-state index in [9.17, 15) is 14.7 Å². The van der Waals surface area contributed by atoms with Crippen molar-refractivity contribution < 1.29 is 14.7 Å². The van der Waals surface area contributed by atoms with E-state index in [1.807, 2.05) is 18.2 Å². The number of nitrogens with one attached hydrogen (secondary N) is 2. The lowest BCUT2D eigenvalue weighted by molar-refractivity contribution is 0.104. The van der Waals surface area contributed by atoms with E-state index in [2.05, 4.69) is 20.8 Å². The monoisotopic (exact) mass is 482 g/mol. The molecule has 7 nitrogen and oxygen atoms in total. The van der Waals surface area contributed by atoms with Gasteiger partial charge < -0.3 is 10.4 Å². The Morgan fingerprint density at radius 3 is 2.44 bits per heavy atom. The molecule has 0 unspecified atom stereocenters. The summed E-state index contributed by atoms with van der Waals surface area (Å²) in [6.07, 6.45) is 0. The second kappa shape index (κ2) is 7.90. The molecule has 0 spiro atoms. The van der Waals surface area contributed by atoms with E-state index >= 15 is 0 Å². The first-order valence-electron chi connectivity index (χ1n) is 9.29. The molecule has 32 heavy (non-hydrogen) atoms. The van der Waals surface area contributed by atoms with Gasteiger partial charge in [0.25, 0.3) is 0 Å². The molecule has 5 rings (SSSR count). The maximum atomic E-state index is 12.5. The second-order valence-corrected chi connectivity index (χ2v) is 8.73. The maximum Gasteiger partial charge on any atom is 0.325 e. The third-order valence-electron chi connectivity index (χ3n) is 4.89. The van der Waals surface area contributed by atoms with Gasteiger partial charge in [0.15, 0.2) is 10.8 Å². The molecule has 3 aromatic carbocycles. The average molecular weight is 483 g/mol. The van der Waals surface area contributed by atoms with Gasteiger partial charge in [0, 0.05) is 21.8 Å². The summed E-state index contributed by atoms with van der Waals surface area (Å²) in [7, 11) is 0. The van der Waals surface area contributed by atoms with Crippen molar-refractivity contribution in [1.29, 1.82) is 0 Å². The Morgan fingerprint density at radius 2 is 1.62 bits per heavy atom. The highest BCUT2D eigenvalue weighted by atomic mass is 35.5. The maximum absolute atomic E-state index is 12.5. The summed E-state index contributed by atoms with van der Waals surface area (Å²) in [5.74, 6) is -0.200. The summed E-state index contributed by atoms with van der Waals surface area (Å²) in [6.45, 7) is 0. The number of ketones is 1. The van der Waals surface area contributed by atoms with E-state index in [1.54, 1.807) is 24.3 Å². The second-order valence-electron chi connectivity index (χ2n) is 6.91. The van der Waals surface area contributed by atoms with Gasteiger partial charge in [0.1, 0.15) is 5.75 Å². The Balaban J connectivity index is 1.34. The highest BCUT2D eigenvalue weighted by molar-refractivity contribution is 7.18. The lowest BCUT2D eigenvalue weighted by Crippen LogP contribution is -2.19. The molecule has 0 bridgehead atoms. The Kier molecular flexibility index (Phi) is 5.05. The Morgan fingerprint density at radius 1 is 0.875 bits per heavy atom. The Hall–Kier alpha value is -3.46. The van der Waals surface area contributed by atoms with Crippen LogP contribution in [0.15, 0.2) is 54.6 Å². The quantitative estimate of drug-likeness (QED) is 0.289. The van der Waals surface area contributed by atoms with Gasteiger partial charge in [-0.1, -0.05) is 58.8 Å². The number of rotatable bonds is 3. The van der Waals surface area contributed by atoms with Gasteiger partial charge in [0.05, 0.1) is 10.6 Å². The number of urea groups is 1. The number of hydrogen-bond acceptors (Lipinski definition) is 6. The third-order valence-corrected chi connectivity index (χ3v) is 6.27. The number of phenolic OH excluding ortho intramolecular Hbond substituents is 1. The molecule has 1 heterocycles. The van der Waals surface area contributed by atoms with Crippen LogP contribution in [0.1, 0.15) is 15.9 Å². The molecule has 10 heteroatoms. The van der Waals surface area contributed by atoms with Gasteiger partial charge in [-0.15, -0.1) is 10.2 Å². The smallest absolute Gasteiger partial charge is 0.325 e. The molecule has 0 saturated carbocycles. The van der Waals surface area contributed by atoms with Gasteiger partial charge >= 0.3 is 6.03 Å². The number of benzene rings is 3. The average Bonchev–Trinajstić information content (AvgIpc) is 3.34. The van der Waals surface area contributed by atoms with E-state index in [0.717, 1.165) is 22.5 Å². The minimum Gasteiger partial charge on any atom is -0.506 e. The molecule has 1 aliphatic rings. The molecule has 1 aliphatic carbocycles. The Bertz CT molecular complexity index is 1420. The van der Waals surface area contributed by atoms with Crippen LogP contribution >= 0.6 is 34.5 Å². The van der Waals surface area contributed by atoms with Crippen molar-refractivity contribution in [2.24, 2.45) is 0 Å². The highest BCUT2D eigenvalue weighted by Gasteiger charge is 2.26. The number of amides is 2. The molecule has 0 fully saturated rings. The first kappa shape index (κ1) is 20.4. The summed E-state index contributed by atoms with van der Waals surface area (Å²) in [5.41, 5.74) is 3.70. The molecule has 0 aliphatic heterocycles. The predicted octanol–water partition coefficient (Wildman–Crippen LogP) is 6.07. The summed E-state index contributed by atoms with van der Waals surface area (Å²) in [4.78, 5) is 25.0. The van der Waals surface area contributed by atoms with Gasteiger partial charge in [-0.2, -0.15) is 0 Å². The van der Waals surface area contributed by atoms with Crippen LogP contribution in [0.5, 0.6) is 5.75 Å². The van der Waals surface area contributed by atoms with Crippen molar-refractivity contribution >= 4 is 57.2 Å². The SMILES string of the molecule is O=C(Nc1ccc2c(c1)-c1ccccc1C2=O)Nc1nnc(-c2cc(Cl)cc(Cl)c2O)s1. The number of halogens is 2. The number of aromatic hydroxyl groups is 1. The first-order valence-corrected chi connectivity index (χ1v) is 10.9. The van der Waals surface area contributed by atoms with Gasteiger partial charge in [0.2, 0.25) is 5.13 Å². The van der Waals surface area contributed by atoms with Crippen molar-refractivity contribution in [3.8, 4) is 27.4 Å². The van der Waals surface area contributed by atoms with Crippen LogP contribution in [0.4, 0.5) is 15.6 Å². The van der Waals surface area contributed by atoms with E-state index in [4.69, 9.17) is 23.2 Å². The van der Waals surface area contributed by atoms with Crippen LogP contribution in [0.25, 0.3) is 21.7 Å². The number of aromatic nitrogens is 2. The van der Waals surface area contributed by atoms with Crippen LogP contribution in [0, 0.1) is 0 Å². The highest BCUT2D eigenvalue weighted by Crippen LogP contribution is 2.40. The first-order chi connectivity index (χ1) is 15.4. The van der Waals surface area contributed by atoms with Crippen molar-refractivity contribution in [2.75, 3.05) is 10.6 Å². The fourth-order valence-electron chi connectivity index (χ4n) is 3.47. The lowest BCUT2D eigenvalue weighted by Gasteiger charge is -2.07. The zero-order valence-corrected chi connectivity index (χ0v) is 18.3. The minimum absolute atomic E-state index is 0.0302. The van der Waals surface area contributed by atoms with E-state index in [0.29, 0.717) is 32.4 Å². The van der Waals surface area contributed by atoms with Crippen LogP contribution in [0.2, 0.25) is 10.0 Å². The number of anilines is 2. The van der Waals surface area contributed by atoms with Crippen molar-refractivity contribution in [3.63, 3.8) is 0 Å². The summed E-state index contributed by atoms with van der Waals surface area (Å²) in [5, 5.41) is 24.4. The number of carbonyl (C=O) groups is 2. The van der Waals surface area contributed by atoms with Gasteiger partial charge in [-0.25, -0.2) is 4.79 Å². The zero-order chi connectivity index (χ0) is 22.4. The van der Waals surface area contributed by atoms with E-state index < -0.39 is 6.03 Å². The molecule has 1 aromatic heterocycles. The topological polar surface area (TPSA) is 104 Å². The third kappa shape index (κ3) is 3.58. The summed E-state index contributed by atoms with van der Waals surface area (Å²) >= 11 is 13.0. The standard InChI is InChI=1S/C22H12Cl2N4O3S/c23-10-7-16(19(30)17(24)8-10)20-27-28-22(32-20)26-21(31)25-11-5-6-14-15(9-11)12-3-1-2-4-13(12)18(14)29/h1-9,30H,(H2,25,26,28,31). The number of carbonyl (C=O) groups excluding carboxylic acids is 2. The van der Waals surface area contributed by atoms with Gasteiger partial charge in [-0.05, 0) is 41.5 Å². The fourth-order valence-corrected chi connectivity index (χ4v) is 4.72. The zero-order valence-electron chi connectivity index (χ0n) is 16.0.